The zero-order valence-electron chi connectivity index (χ0n) is 17.6. The molecule has 2 heterocycles. The highest BCUT2D eigenvalue weighted by atomic mass is 16.5. The molecule has 8 nitrogen and oxygen atoms in total. The molecule has 0 saturated carbocycles. The van der Waals surface area contributed by atoms with E-state index < -0.39 is 29.7 Å². The van der Waals surface area contributed by atoms with Gasteiger partial charge in [-0.1, -0.05) is 30.3 Å². The molecular weight excluding hydrogens is 410 g/mol. The monoisotopic (exact) mass is 435 g/mol. The SMILES string of the molecule is NCCCCc1ccc(COc2cccc3c2C(=O)N(C2CCC(=O)NC2=O)C3=O)cc1. The number of nitrogens with two attached hydrogens (primary N) is 1. The summed E-state index contributed by atoms with van der Waals surface area (Å²) in [4.78, 5) is 50.6. The molecule has 2 aliphatic heterocycles. The molecule has 2 aromatic rings. The van der Waals surface area contributed by atoms with E-state index in [9.17, 15) is 19.2 Å². The molecule has 0 aromatic heterocycles. The quantitative estimate of drug-likeness (QED) is 0.483. The summed E-state index contributed by atoms with van der Waals surface area (Å²) in [5.41, 5.74) is 8.05. The van der Waals surface area contributed by atoms with Crippen LogP contribution in [0.15, 0.2) is 42.5 Å². The van der Waals surface area contributed by atoms with Gasteiger partial charge in [0.2, 0.25) is 11.8 Å². The molecule has 0 radical (unpaired) electrons. The average molecular weight is 435 g/mol. The predicted molar refractivity (Wildman–Crippen MR) is 116 cm³/mol. The second-order valence-corrected chi connectivity index (χ2v) is 7.98. The van der Waals surface area contributed by atoms with Crippen LogP contribution in [0, 0.1) is 0 Å². The van der Waals surface area contributed by atoms with Crippen molar-refractivity contribution in [1.82, 2.24) is 10.2 Å². The van der Waals surface area contributed by atoms with Crippen LogP contribution in [-0.2, 0) is 22.6 Å². The van der Waals surface area contributed by atoms with Gasteiger partial charge in [0.25, 0.3) is 11.8 Å². The van der Waals surface area contributed by atoms with Crippen LogP contribution in [0.3, 0.4) is 0 Å². The third-order valence-electron chi connectivity index (χ3n) is 5.77. The van der Waals surface area contributed by atoms with Gasteiger partial charge >= 0.3 is 0 Å². The van der Waals surface area contributed by atoms with Crippen molar-refractivity contribution in [3.8, 4) is 5.75 Å². The first kappa shape index (κ1) is 21.7. The lowest BCUT2D eigenvalue weighted by Gasteiger charge is -2.27. The Bertz CT molecular complexity index is 1060. The minimum atomic E-state index is -1.00. The lowest BCUT2D eigenvalue weighted by Crippen LogP contribution is -2.54. The molecule has 3 N–H and O–H groups in total. The molecule has 2 aromatic carbocycles. The first-order chi connectivity index (χ1) is 15.5. The largest absolute Gasteiger partial charge is 0.488 e. The highest BCUT2D eigenvalue weighted by Gasteiger charge is 2.45. The summed E-state index contributed by atoms with van der Waals surface area (Å²) in [6.07, 6.45) is 3.20. The topological polar surface area (TPSA) is 119 Å². The van der Waals surface area contributed by atoms with Crippen LogP contribution < -0.4 is 15.8 Å². The van der Waals surface area contributed by atoms with Crippen LogP contribution in [-0.4, -0.2) is 41.1 Å². The van der Waals surface area contributed by atoms with E-state index in [1.807, 2.05) is 24.3 Å². The number of amides is 4. The highest BCUT2D eigenvalue weighted by Crippen LogP contribution is 2.34. The number of rotatable bonds is 8. The van der Waals surface area contributed by atoms with Crippen LogP contribution in [0.4, 0.5) is 0 Å². The van der Waals surface area contributed by atoms with Crippen molar-refractivity contribution in [3.63, 3.8) is 0 Å². The van der Waals surface area contributed by atoms with Crippen molar-refractivity contribution in [2.24, 2.45) is 5.73 Å². The molecular formula is C24H25N3O5. The standard InChI is InChI=1S/C24H25N3O5/c25-13-2-1-4-15-7-9-16(10-8-15)14-32-19-6-3-5-17-21(19)24(31)27(23(17)30)18-11-12-20(28)26-22(18)29/h3,5-10,18H,1-2,4,11-14,25H2,(H,26,28,29). The van der Waals surface area contributed by atoms with Crippen LogP contribution in [0.5, 0.6) is 5.75 Å². The summed E-state index contributed by atoms with van der Waals surface area (Å²) < 4.78 is 5.90. The van der Waals surface area contributed by atoms with Crippen LogP contribution in [0.2, 0.25) is 0 Å². The molecule has 1 unspecified atom stereocenters. The molecule has 1 saturated heterocycles. The Kier molecular flexibility index (Phi) is 6.32. The number of nitrogens with zero attached hydrogens (tertiary/aromatic N) is 1. The first-order valence-electron chi connectivity index (χ1n) is 10.7. The van der Waals surface area contributed by atoms with Gasteiger partial charge < -0.3 is 10.5 Å². The minimum Gasteiger partial charge on any atom is -0.488 e. The van der Waals surface area contributed by atoms with E-state index in [4.69, 9.17) is 10.5 Å². The van der Waals surface area contributed by atoms with Gasteiger partial charge in [-0.2, -0.15) is 0 Å². The Morgan fingerprint density at radius 3 is 2.44 bits per heavy atom. The van der Waals surface area contributed by atoms with E-state index >= 15 is 0 Å². The number of fused-ring (bicyclic) bond motifs is 1. The molecule has 32 heavy (non-hydrogen) atoms. The summed E-state index contributed by atoms with van der Waals surface area (Å²) in [5.74, 6) is -1.87. The molecule has 166 valence electrons. The van der Waals surface area contributed by atoms with Gasteiger partial charge in [0, 0.05) is 6.42 Å². The number of carbonyl (C=O) groups is 4. The molecule has 4 rings (SSSR count). The summed E-state index contributed by atoms with van der Waals surface area (Å²) in [6, 6.07) is 11.9. The van der Waals surface area contributed by atoms with E-state index in [0.717, 1.165) is 29.7 Å². The van der Waals surface area contributed by atoms with Crippen molar-refractivity contribution in [2.45, 2.75) is 44.8 Å². The second kappa shape index (κ2) is 9.32. The lowest BCUT2D eigenvalue weighted by atomic mass is 10.0. The molecule has 0 aliphatic carbocycles. The normalized spacial score (nSPS) is 18.0. The van der Waals surface area contributed by atoms with E-state index in [-0.39, 0.29) is 30.6 Å². The Morgan fingerprint density at radius 1 is 0.969 bits per heavy atom. The highest BCUT2D eigenvalue weighted by molar-refractivity contribution is 6.24. The predicted octanol–water partition coefficient (Wildman–Crippen LogP) is 1.95. The van der Waals surface area contributed by atoms with Gasteiger partial charge in [0.1, 0.15) is 18.4 Å². The summed E-state index contributed by atoms with van der Waals surface area (Å²) in [5, 5.41) is 2.19. The molecule has 0 spiro atoms. The van der Waals surface area contributed by atoms with E-state index in [0.29, 0.717) is 12.3 Å². The van der Waals surface area contributed by atoms with Gasteiger partial charge in [-0.05, 0) is 55.5 Å². The Balaban J connectivity index is 1.47. The number of hydrogen-bond donors (Lipinski definition) is 2. The van der Waals surface area contributed by atoms with Gasteiger partial charge in [-0.25, -0.2) is 0 Å². The lowest BCUT2D eigenvalue weighted by molar-refractivity contribution is -0.136. The van der Waals surface area contributed by atoms with Crippen LogP contribution in [0.25, 0.3) is 0 Å². The summed E-state index contributed by atoms with van der Waals surface area (Å²) >= 11 is 0. The smallest absolute Gasteiger partial charge is 0.266 e. The second-order valence-electron chi connectivity index (χ2n) is 7.98. The van der Waals surface area contributed by atoms with Crippen molar-refractivity contribution in [1.29, 1.82) is 0 Å². The Labute approximate surface area is 185 Å². The Hall–Kier alpha value is -3.52. The average Bonchev–Trinajstić information content (AvgIpc) is 3.04. The molecule has 2 aliphatic rings. The van der Waals surface area contributed by atoms with E-state index in [1.54, 1.807) is 18.2 Å². The number of ether oxygens (including phenoxy) is 1. The summed E-state index contributed by atoms with van der Waals surface area (Å²) in [7, 11) is 0. The number of carbonyl (C=O) groups excluding carboxylic acids is 4. The van der Waals surface area contributed by atoms with E-state index in [1.165, 1.54) is 5.56 Å². The maximum Gasteiger partial charge on any atom is 0.266 e. The van der Waals surface area contributed by atoms with Gasteiger partial charge in [0.15, 0.2) is 0 Å². The fourth-order valence-electron chi connectivity index (χ4n) is 4.04. The van der Waals surface area contributed by atoms with Crippen LogP contribution >= 0.6 is 0 Å². The third kappa shape index (κ3) is 4.27. The fraction of sp³-hybridized carbons (Fsp3) is 0.333. The Morgan fingerprint density at radius 2 is 1.72 bits per heavy atom. The van der Waals surface area contributed by atoms with Crippen molar-refractivity contribution >= 4 is 23.6 Å². The maximum absolute atomic E-state index is 13.1. The third-order valence-corrected chi connectivity index (χ3v) is 5.77. The number of imide groups is 2. The number of aryl methyl sites for hydroxylation is 1. The first-order valence-corrected chi connectivity index (χ1v) is 10.7. The number of piperidine rings is 1. The van der Waals surface area contributed by atoms with Gasteiger partial charge in [-0.3, -0.25) is 29.4 Å². The fourth-order valence-corrected chi connectivity index (χ4v) is 4.04. The maximum atomic E-state index is 13.1. The number of nitrogens with one attached hydrogen (secondary N) is 1. The van der Waals surface area contributed by atoms with Crippen LogP contribution in [0.1, 0.15) is 57.5 Å². The van der Waals surface area contributed by atoms with Gasteiger partial charge in [-0.15, -0.1) is 0 Å². The zero-order chi connectivity index (χ0) is 22.7. The van der Waals surface area contributed by atoms with Crippen molar-refractivity contribution in [2.75, 3.05) is 6.54 Å². The number of hydrogen-bond acceptors (Lipinski definition) is 6. The number of benzene rings is 2. The molecule has 0 bridgehead atoms. The van der Waals surface area contributed by atoms with Gasteiger partial charge in [0.05, 0.1) is 11.1 Å². The van der Waals surface area contributed by atoms with Crippen molar-refractivity contribution < 1.29 is 23.9 Å². The molecule has 8 heteroatoms. The summed E-state index contributed by atoms with van der Waals surface area (Å²) in [6.45, 7) is 0.926. The molecule has 1 fully saturated rings. The number of unbranched alkanes of at least 4 members (excludes halogenated alkanes) is 1. The minimum absolute atomic E-state index is 0.0788. The van der Waals surface area contributed by atoms with Crippen molar-refractivity contribution in [3.05, 3.63) is 64.7 Å². The molecule has 4 amide bonds. The zero-order valence-corrected chi connectivity index (χ0v) is 17.6. The molecule has 1 atom stereocenters. The van der Waals surface area contributed by atoms with E-state index in [2.05, 4.69) is 5.32 Å².